The van der Waals surface area contributed by atoms with Crippen molar-refractivity contribution in [3.8, 4) is 0 Å². The standard InChI is InChI=1S/C10H18OS/c1-3-8(2)7-12-10-6-4-5-9(10)11/h8,10H,3-7H2,1-2H3. The molecule has 2 atom stereocenters. The van der Waals surface area contributed by atoms with Crippen LogP contribution >= 0.6 is 11.8 Å². The number of thioether (sulfide) groups is 1. The number of ketones is 1. The first-order chi connectivity index (χ1) is 5.74. The summed E-state index contributed by atoms with van der Waals surface area (Å²) in [4.78, 5) is 11.3. The summed E-state index contributed by atoms with van der Waals surface area (Å²) in [7, 11) is 0. The molecule has 1 aliphatic rings. The summed E-state index contributed by atoms with van der Waals surface area (Å²) in [6.45, 7) is 4.47. The molecule has 1 fully saturated rings. The average molecular weight is 186 g/mol. The highest BCUT2D eigenvalue weighted by molar-refractivity contribution is 8.00. The van der Waals surface area contributed by atoms with Crippen LogP contribution in [-0.2, 0) is 4.79 Å². The Labute approximate surface area is 79.3 Å². The molecule has 70 valence electrons. The van der Waals surface area contributed by atoms with Crippen LogP contribution in [0.25, 0.3) is 0 Å². The van der Waals surface area contributed by atoms with Gasteiger partial charge in [0.1, 0.15) is 5.78 Å². The van der Waals surface area contributed by atoms with Crippen molar-refractivity contribution >= 4 is 17.5 Å². The Morgan fingerprint density at radius 3 is 2.92 bits per heavy atom. The molecule has 2 unspecified atom stereocenters. The largest absolute Gasteiger partial charge is 0.298 e. The summed E-state index contributed by atoms with van der Waals surface area (Å²) in [5, 5.41) is 0.346. The van der Waals surface area contributed by atoms with Gasteiger partial charge in [0.15, 0.2) is 0 Å². The van der Waals surface area contributed by atoms with Crippen LogP contribution in [0.2, 0.25) is 0 Å². The van der Waals surface area contributed by atoms with Crippen molar-refractivity contribution in [1.82, 2.24) is 0 Å². The first-order valence-electron chi connectivity index (χ1n) is 4.88. The lowest BCUT2D eigenvalue weighted by Crippen LogP contribution is -2.11. The smallest absolute Gasteiger partial charge is 0.145 e. The molecular formula is C10H18OS. The second kappa shape index (κ2) is 4.90. The number of hydrogen-bond acceptors (Lipinski definition) is 2. The minimum Gasteiger partial charge on any atom is -0.298 e. The lowest BCUT2D eigenvalue weighted by Gasteiger charge is -2.11. The molecule has 1 saturated carbocycles. The fourth-order valence-electron chi connectivity index (χ4n) is 1.36. The van der Waals surface area contributed by atoms with E-state index in [-0.39, 0.29) is 0 Å². The first-order valence-corrected chi connectivity index (χ1v) is 5.93. The molecule has 0 aromatic carbocycles. The molecule has 0 amide bonds. The Bertz CT molecular complexity index is 156. The van der Waals surface area contributed by atoms with Crippen LogP contribution in [0.3, 0.4) is 0 Å². The molecule has 2 heteroatoms. The van der Waals surface area contributed by atoms with Crippen LogP contribution in [0.5, 0.6) is 0 Å². The summed E-state index contributed by atoms with van der Waals surface area (Å²) in [6.07, 6.45) is 4.31. The maximum Gasteiger partial charge on any atom is 0.145 e. The van der Waals surface area contributed by atoms with Crippen LogP contribution < -0.4 is 0 Å². The molecule has 0 spiro atoms. The lowest BCUT2D eigenvalue weighted by molar-refractivity contribution is -0.116. The molecule has 0 radical (unpaired) electrons. The predicted octanol–water partition coefficient (Wildman–Crippen LogP) is 2.89. The van der Waals surface area contributed by atoms with E-state index in [1.165, 1.54) is 6.42 Å². The number of hydrogen-bond donors (Lipinski definition) is 0. The minimum absolute atomic E-state index is 0.346. The van der Waals surface area contributed by atoms with Gasteiger partial charge in [-0.25, -0.2) is 0 Å². The van der Waals surface area contributed by atoms with Crippen LogP contribution in [-0.4, -0.2) is 16.8 Å². The summed E-state index contributed by atoms with van der Waals surface area (Å²) < 4.78 is 0. The molecule has 0 aromatic heterocycles. The van der Waals surface area contributed by atoms with E-state index in [0.717, 1.165) is 30.9 Å². The zero-order valence-electron chi connectivity index (χ0n) is 8.01. The Balaban J connectivity index is 2.18. The van der Waals surface area contributed by atoms with E-state index in [1.807, 2.05) is 11.8 Å². The molecule has 0 bridgehead atoms. The van der Waals surface area contributed by atoms with Crippen molar-refractivity contribution in [1.29, 1.82) is 0 Å². The third-order valence-corrected chi connectivity index (χ3v) is 4.19. The van der Waals surface area contributed by atoms with E-state index in [0.29, 0.717) is 11.0 Å². The van der Waals surface area contributed by atoms with Crippen LogP contribution in [0.4, 0.5) is 0 Å². The monoisotopic (exact) mass is 186 g/mol. The molecular weight excluding hydrogens is 168 g/mol. The van der Waals surface area contributed by atoms with Gasteiger partial charge >= 0.3 is 0 Å². The van der Waals surface area contributed by atoms with E-state index >= 15 is 0 Å². The second-order valence-corrected chi connectivity index (χ2v) is 4.93. The van der Waals surface area contributed by atoms with Crippen LogP contribution in [0, 0.1) is 5.92 Å². The maximum atomic E-state index is 11.3. The number of carbonyl (C=O) groups excluding carboxylic acids is 1. The molecule has 0 heterocycles. The third-order valence-electron chi connectivity index (χ3n) is 2.53. The fraction of sp³-hybridized carbons (Fsp3) is 0.900. The first kappa shape index (κ1) is 10.1. The average Bonchev–Trinajstić information content (AvgIpc) is 2.47. The molecule has 1 nitrogen and oxygen atoms in total. The van der Waals surface area contributed by atoms with Gasteiger partial charge in [0, 0.05) is 6.42 Å². The molecule has 1 aliphatic carbocycles. The predicted molar refractivity (Wildman–Crippen MR) is 54.6 cm³/mol. The zero-order chi connectivity index (χ0) is 8.97. The summed E-state index contributed by atoms with van der Waals surface area (Å²) in [5.41, 5.74) is 0. The van der Waals surface area contributed by atoms with E-state index in [1.54, 1.807) is 0 Å². The highest BCUT2D eigenvalue weighted by Crippen LogP contribution is 2.28. The van der Waals surface area contributed by atoms with Gasteiger partial charge in [-0.3, -0.25) is 4.79 Å². The molecule has 0 aliphatic heterocycles. The maximum absolute atomic E-state index is 11.3. The van der Waals surface area contributed by atoms with E-state index in [9.17, 15) is 4.79 Å². The van der Waals surface area contributed by atoms with Gasteiger partial charge in [-0.05, 0) is 24.5 Å². The van der Waals surface area contributed by atoms with E-state index in [2.05, 4.69) is 13.8 Å². The highest BCUT2D eigenvalue weighted by atomic mass is 32.2. The zero-order valence-corrected chi connectivity index (χ0v) is 8.82. The van der Waals surface area contributed by atoms with Gasteiger partial charge in [-0.2, -0.15) is 11.8 Å². The van der Waals surface area contributed by atoms with Crippen molar-refractivity contribution in [3.05, 3.63) is 0 Å². The van der Waals surface area contributed by atoms with Gasteiger partial charge < -0.3 is 0 Å². The second-order valence-electron chi connectivity index (χ2n) is 3.69. The van der Waals surface area contributed by atoms with Gasteiger partial charge in [0.25, 0.3) is 0 Å². The Kier molecular flexibility index (Phi) is 4.13. The molecule has 0 N–H and O–H groups in total. The van der Waals surface area contributed by atoms with Crippen molar-refractivity contribution in [3.63, 3.8) is 0 Å². The molecule has 0 saturated heterocycles. The quantitative estimate of drug-likeness (QED) is 0.671. The van der Waals surface area contributed by atoms with E-state index in [4.69, 9.17) is 0 Å². The molecule has 12 heavy (non-hydrogen) atoms. The van der Waals surface area contributed by atoms with Crippen molar-refractivity contribution < 1.29 is 4.79 Å². The fourth-order valence-corrected chi connectivity index (χ4v) is 2.79. The van der Waals surface area contributed by atoms with Gasteiger partial charge in [-0.1, -0.05) is 20.3 Å². The SMILES string of the molecule is CCC(C)CSC1CCCC1=O. The number of Topliss-reactive ketones (excluding diaryl/α,β-unsaturated/α-hetero) is 1. The topological polar surface area (TPSA) is 17.1 Å². The normalized spacial score (nSPS) is 26.2. The highest BCUT2D eigenvalue weighted by Gasteiger charge is 2.24. The van der Waals surface area contributed by atoms with Crippen molar-refractivity contribution in [2.45, 2.75) is 44.8 Å². The van der Waals surface area contributed by atoms with Gasteiger partial charge in [0.05, 0.1) is 5.25 Å². The summed E-state index contributed by atoms with van der Waals surface area (Å²) in [6, 6.07) is 0. The summed E-state index contributed by atoms with van der Waals surface area (Å²) in [5.74, 6) is 2.42. The summed E-state index contributed by atoms with van der Waals surface area (Å²) >= 11 is 1.88. The Morgan fingerprint density at radius 2 is 2.42 bits per heavy atom. The minimum atomic E-state index is 0.346. The number of rotatable bonds is 4. The molecule has 0 aromatic rings. The number of carbonyl (C=O) groups is 1. The van der Waals surface area contributed by atoms with Gasteiger partial charge in [0.2, 0.25) is 0 Å². The Hall–Kier alpha value is 0.0200. The van der Waals surface area contributed by atoms with E-state index < -0.39 is 0 Å². The Morgan fingerprint density at radius 1 is 1.67 bits per heavy atom. The molecule has 1 rings (SSSR count). The van der Waals surface area contributed by atoms with Gasteiger partial charge in [-0.15, -0.1) is 0 Å². The lowest BCUT2D eigenvalue weighted by atomic mass is 10.2. The van der Waals surface area contributed by atoms with Crippen molar-refractivity contribution in [2.75, 3.05) is 5.75 Å². The van der Waals surface area contributed by atoms with Crippen molar-refractivity contribution in [2.24, 2.45) is 5.92 Å². The van der Waals surface area contributed by atoms with Crippen LogP contribution in [0.1, 0.15) is 39.5 Å². The van der Waals surface area contributed by atoms with Crippen LogP contribution in [0.15, 0.2) is 0 Å². The third kappa shape index (κ3) is 2.81.